The molecule has 5 nitrogen and oxygen atoms in total. The summed E-state index contributed by atoms with van der Waals surface area (Å²) in [5.74, 6) is -0.416. The second-order valence-electron chi connectivity index (χ2n) is 4.98. The molecule has 0 amide bonds. The topological polar surface area (TPSA) is 61.3 Å². The number of fused-ring (bicyclic) bond motifs is 2. The van der Waals surface area contributed by atoms with Gasteiger partial charge in [0.25, 0.3) is 0 Å². The number of rotatable bonds is 3. The molecule has 112 valence electrons. The highest BCUT2D eigenvalue weighted by atomic mass is 16.5. The van der Waals surface area contributed by atoms with Crippen molar-refractivity contribution in [2.24, 2.45) is 0 Å². The minimum absolute atomic E-state index is 0.0840. The Morgan fingerprint density at radius 1 is 1.00 bits per heavy atom. The number of carbonyl (C=O) groups is 1. The maximum absolute atomic E-state index is 11.9. The first-order valence-corrected chi connectivity index (χ1v) is 6.96. The number of methoxy groups -OCH3 is 2. The van der Waals surface area contributed by atoms with E-state index in [1.807, 2.05) is 31.2 Å². The van der Waals surface area contributed by atoms with Crippen molar-refractivity contribution >= 4 is 28.0 Å². The summed E-state index contributed by atoms with van der Waals surface area (Å²) in [6, 6.07) is 11.1. The first-order chi connectivity index (χ1) is 10.7. The van der Waals surface area contributed by atoms with Crippen LogP contribution in [0.1, 0.15) is 28.9 Å². The van der Waals surface area contributed by atoms with Crippen molar-refractivity contribution < 1.29 is 14.3 Å². The van der Waals surface area contributed by atoms with E-state index in [9.17, 15) is 4.79 Å². The molecule has 0 N–H and O–H groups in total. The van der Waals surface area contributed by atoms with Crippen molar-refractivity contribution in [1.82, 2.24) is 9.97 Å². The molecular weight excluding hydrogens is 280 g/mol. The number of esters is 1. The van der Waals surface area contributed by atoms with Crippen LogP contribution in [0.4, 0.5) is 0 Å². The monoisotopic (exact) mass is 296 g/mol. The quantitative estimate of drug-likeness (QED) is 0.548. The Kier molecular flexibility index (Phi) is 3.73. The van der Waals surface area contributed by atoms with Crippen molar-refractivity contribution in [2.45, 2.75) is 13.0 Å². The van der Waals surface area contributed by atoms with Crippen molar-refractivity contribution in [3.05, 3.63) is 47.5 Å². The normalized spacial score (nSPS) is 12.5. The minimum Gasteiger partial charge on any atom is -0.465 e. The number of hydrogen-bond acceptors (Lipinski definition) is 5. The van der Waals surface area contributed by atoms with Crippen molar-refractivity contribution in [2.75, 3.05) is 14.2 Å². The molecule has 22 heavy (non-hydrogen) atoms. The zero-order chi connectivity index (χ0) is 15.7. The molecule has 1 atom stereocenters. The average Bonchev–Trinajstić information content (AvgIpc) is 2.57. The van der Waals surface area contributed by atoms with Gasteiger partial charge >= 0.3 is 5.97 Å². The van der Waals surface area contributed by atoms with Crippen molar-refractivity contribution in [3.63, 3.8) is 0 Å². The third kappa shape index (κ3) is 2.29. The molecule has 5 heteroatoms. The number of carbonyl (C=O) groups excluding carboxylic acids is 1. The molecule has 0 aliphatic heterocycles. The van der Waals surface area contributed by atoms with Crippen LogP contribution in [0.15, 0.2) is 36.4 Å². The molecule has 0 aliphatic carbocycles. The highest BCUT2D eigenvalue weighted by molar-refractivity contribution is 6.03. The third-order valence-corrected chi connectivity index (χ3v) is 3.72. The van der Waals surface area contributed by atoms with Gasteiger partial charge in [-0.15, -0.1) is 0 Å². The minimum atomic E-state index is -0.416. The second-order valence-corrected chi connectivity index (χ2v) is 4.98. The van der Waals surface area contributed by atoms with E-state index < -0.39 is 5.97 Å². The summed E-state index contributed by atoms with van der Waals surface area (Å²) < 4.78 is 10.2. The van der Waals surface area contributed by atoms with E-state index in [-0.39, 0.29) is 6.10 Å². The molecular formula is C17H16N2O3. The largest absolute Gasteiger partial charge is 0.465 e. The van der Waals surface area contributed by atoms with Crippen LogP contribution in [0.2, 0.25) is 0 Å². The first kappa shape index (κ1) is 14.4. The standard InChI is InChI=1S/C17H16N2O3/c1-10(21-2)11-6-4-8-13-15(11)18-14-9-5-7-12(16(14)19-13)17(20)22-3/h4-10H,1-3H3. The molecule has 3 rings (SSSR count). The lowest BCUT2D eigenvalue weighted by atomic mass is 10.1. The number of nitrogens with zero attached hydrogens (tertiary/aromatic N) is 2. The SMILES string of the molecule is COC(=O)c1cccc2nc3c(C(C)OC)cccc3nc12. The molecule has 2 aromatic carbocycles. The van der Waals surface area contributed by atoms with Crippen LogP contribution >= 0.6 is 0 Å². The molecule has 3 aromatic rings. The molecule has 0 bridgehead atoms. The van der Waals surface area contributed by atoms with Crippen LogP contribution in [0.5, 0.6) is 0 Å². The molecule has 0 fully saturated rings. The van der Waals surface area contributed by atoms with Gasteiger partial charge in [-0.05, 0) is 25.1 Å². The van der Waals surface area contributed by atoms with Gasteiger partial charge in [0.1, 0.15) is 5.52 Å². The van der Waals surface area contributed by atoms with Crippen LogP contribution in [-0.4, -0.2) is 30.2 Å². The molecule has 0 saturated carbocycles. The zero-order valence-electron chi connectivity index (χ0n) is 12.7. The summed E-state index contributed by atoms with van der Waals surface area (Å²) in [5.41, 5.74) is 4.10. The van der Waals surface area contributed by atoms with E-state index in [4.69, 9.17) is 9.47 Å². The van der Waals surface area contributed by atoms with Crippen molar-refractivity contribution in [1.29, 1.82) is 0 Å². The van der Waals surface area contributed by atoms with Gasteiger partial charge in [0, 0.05) is 12.7 Å². The summed E-state index contributed by atoms with van der Waals surface area (Å²) in [5, 5.41) is 0. The van der Waals surface area contributed by atoms with Crippen LogP contribution in [0.25, 0.3) is 22.1 Å². The maximum atomic E-state index is 11.9. The van der Waals surface area contributed by atoms with Gasteiger partial charge in [-0.1, -0.05) is 18.2 Å². The van der Waals surface area contributed by atoms with E-state index in [2.05, 4.69) is 9.97 Å². The van der Waals surface area contributed by atoms with E-state index >= 15 is 0 Å². The molecule has 0 aliphatic rings. The Morgan fingerprint density at radius 2 is 1.64 bits per heavy atom. The average molecular weight is 296 g/mol. The summed E-state index contributed by atoms with van der Waals surface area (Å²) in [6.45, 7) is 1.96. The predicted octanol–water partition coefficient (Wildman–Crippen LogP) is 3.28. The maximum Gasteiger partial charge on any atom is 0.340 e. The van der Waals surface area contributed by atoms with E-state index in [1.54, 1.807) is 19.2 Å². The van der Waals surface area contributed by atoms with Gasteiger partial charge < -0.3 is 9.47 Å². The van der Waals surface area contributed by atoms with Gasteiger partial charge in [0.05, 0.1) is 35.3 Å². The van der Waals surface area contributed by atoms with Gasteiger partial charge in [0.2, 0.25) is 0 Å². The Balaban J connectivity index is 2.33. The summed E-state index contributed by atoms with van der Waals surface area (Å²) in [7, 11) is 3.02. The van der Waals surface area contributed by atoms with Crippen molar-refractivity contribution in [3.8, 4) is 0 Å². The molecule has 1 heterocycles. The molecule has 0 radical (unpaired) electrons. The Hall–Kier alpha value is -2.53. The summed E-state index contributed by atoms with van der Waals surface area (Å²) in [6.07, 6.45) is -0.0840. The predicted molar refractivity (Wildman–Crippen MR) is 83.8 cm³/mol. The first-order valence-electron chi connectivity index (χ1n) is 6.96. The van der Waals surface area contributed by atoms with E-state index in [0.29, 0.717) is 16.6 Å². The number of aromatic nitrogens is 2. The lowest BCUT2D eigenvalue weighted by molar-refractivity contribution is 0.0602. The fourth-order valence-corrected chi connectivity index (χ4v) is 2.47. The van der Waals surface area contributed by atoms with Crippen LogP contribution in [-0.2, 0) is 9.47 Å². The molecule has 0 spiro atoms. The Bertz CT molecular complexity index is 861. The van der Waals surface area contributed by atoms with Crippen LogP contribution in [0, 0.1) is 0 Å². The van der Waals surface area contributed by atoms with E-state index in [0.717, 1.165) is 16.6 Å². The number of hydrogen-bond donors (Lipinski definition) is 0. The number of benzene rings is 2. The van der Waals surface area contributed by atoms with Gasteiger partial charge in [0.15, 0.2) is 0 Å². The van der Waals surface area contributed by atoms with E-state index in [1.165, 1.54) is 7.11 Å². The smallest absolute Gasteiger partial charge is 0.340 e. The van der Waals surface area contributed by atoms with Gasteiger partial charge in [-0.2, -0.15) is 0 Å². The number of ether oxygens (including phenoxy) is 2. The second kappa shape index (κ2) is 5.69. The van der Waals surface area contributed by atoms with Gasteiger partial charge in [-0.25, -0.2) is 14.8 Å². The Morgan fingerprint density at radius 3 is 2.32 bits per heavy atom. The fraction of sp³-hybridized carbons (Fsp3) is 0.235. The summed E-state index contributed by atoms with van der Waals surface area (Å²) >= 11 is 0. The van der Waals surface area contributed by atoms with Crippen LogP contribution < -0.4 is 0 Å². The Labute approximate surface area is 127 Å². The molecule has 1 aromatic heterocycles. The fourth-order valence-electron chi connectivity index (χ4n) is 2.47. The highest BCUT2D eigenvalue weighted by Crippen LogP contribution is 2.26. The highest BCUT2D eigenvalue weighted by Gasteiger charge is 2.15. The van der Waals surface area contributed by atoms with Crippen LogP contribution in [0.3, 0.4) is 0 Å². The van der Waals surface area contributed by atoms with Gasteiger partial charge in [-0.3, -0.25) is 0 Å². The number of para-hydroxylation sites is 2. The lowest BCUT2D eigenvalue weighted by Gasteiger charge is -2.13. The summed E-state index contributed by atoms with van der Waals surface area (Å²) in [4.78, 5) is 21.2. The third-order valence-electron chi connectivity index (χ3n) is 3.72. The molecule has 1 unspecified atom stereocenters. The lowest BCUT2D eigenvalue weighted by Crippen LogP contribution is -2.05. The molecule has 0 saturated heterocycles. The zero-order valence-corrected chi connectivity index (χ0v) is 12.7.